The van der Waals surface area contributed by atoms with Gasteiger partial charge in [-0.05, 0) is 17.7 Å². The van der Waals surface area contributed by atoms with Crippen molar-refractivity contribution in [1.29, 1.82) is 0 Å². The second kappa shape index (κ2) is 8.03. The summed E-state index contributed by atoms with van der Waals surface area (Å²) >= 11 is 0. The molecule has 5 rings (SSSR count). The van der Waals surface area contributed by atoms with E-state index in [2.05, 4.69) is 20.3 Å². The third kappa shape index (κ3) is 3.91. The highest BCUT2D eigenvalue weighted by Crippen LogP contribution is 2.34. The lowest BCUT2D eigenvalue weighted by molar-refractivity contribution is -0.0220. The Morgan fingerprint density at radius 3 is 2.62 bits per heavy atom. The lowest BCUT2D eigenvalue weighted by atomic mass is 10.1. The van der Waals surface area contributed by atoms with Crippen molar-refractivity contribution in [3.8, 4) is 11.1 Å². The number of aromatic amines is 1. The molecule has 1 amide bonds. The lowest BCUT2D eigenvalue weighted by Crippen LogP contribution is -2.39. The molecule has 0 atom stereocenters. The molecule has 8 heteroatoms. The Morgan fingerprint density at radius 1 is 1.06 bits per heavy atom. The number of anilines is 2. The van der Waals surface area contributed by atoms with E-state index in [-0.39, 0.29) is 31.8 Å². The summed E-state index contributed by atoms with van der Waals surface area (Å²) in [4.78, 5) is 26.6. The number of pyridine rings is 2. The highest BCUT2D eigenvalue weighted by atomic mass is 19.3. The van der Waals surface area contributed by atoms with E-state index in [9.17, 15) is 13.6 Å². The maximum Gasteiger partial charge on any atom is 0.257 e. The van der Waals surface area contributed by atoms with Crippen LogP contribution in [0.25, 0.3) is 22.2 Å². The zero-order chi connectivity index (χ0) is 22.1. The van der Waals surface area contributed by atoms with E-state index in [0.717, 1.165) is 11.1 Å². The second-order valence-corrected chi connectivity index (χ2v) is 7.88. The first-order valence-corrected chi connectivity index (χ1v) is 10.4. The largest absolute Gasteiger partial charge is 0.369 e. The number of carbonyl (C=O) groups is 1. The van der Waals surface area contributed by atoms with Crippen LogP contribution >= 0.6 is 0 Å². The number of hydrogen-bond donors (Lipinski definition) is 2. The third-order valence-corrected chi connectivity index (χ3v) is 5.76. The summed E-state index contributed by atoms with van der Waals surface area (Å²) in [5.41, 5.74) is 4.15. The fourth-order valence-electron chi connectivity index (χ4n) is 4.00. The van der Waals surface area contributed by atoms with Crippen molar-refractivity contribution < 1.29 is 13.6 Å². The lowest BCUT2D eigenvalue weighted by Gasteiger charge is -2.34. The van der Waals surface area contributed by atoms with E-state index in [0.29, 0.717) is 28.0 Å². The van der Waals surface area contributed by atoms with Crippen molar-refractivity contribution in [1.82, 2.24) is 15.0 Å². The number of carbonyl (C=O) groups excluding carboxylic acids is 1. The van der Waals surface area contributed by atoms with Gasteiger partial charge >= 0.3 is 0 Å². The highest BCUT2D eigenvalue weighted by Gasteiger charge is 2.34. The highest BCUT2D eigenvalue weighted by molar-refractivity contribution is 6.13. The Balaban J connectivity index is 1.43. The topological polar surface area (TPSA) is 73.9 Å². The van der Waals surface area contributed by atoms with Gasteiger partial charge in [0.25, 0.3) is 11.8 Å². The number of nitrogens with zero attached hydrogens (tertiary/aromatic N) is 3. The number of piperidine rings is 1. The summed E-state index contributed by atoms with van der Waals surface area (Å²) in [6, 6.07) is 13.5. The number of alkyl halides is 2. The molecule has 162 valence electrons. The molecular weight excluding hydrogens is 412 g/mol. The zero-order valence-corrected chi connectivity index (χ0v) is 17.2. The van der Waals surface area contributed by atoms with Crippen LogP contribution in [0.5, 0.6) is 0 Å². The van der Waals surface area contributed by atoms with E-state index in [1.807, 2.05) is 41.3 Å². The minimum absolute atomic E-state index is 0.209. The number of nitrogens with one attached hydrogen (secondary N) is 2. The number of amides is 1. The Labute approximate surface area is 183 Å². The Morgan fingerprint density at radius 2 is 1.84 bits per heavy atom. The summed E-state index contributed by atoms with van der Waals surface area (Å²) in [6.45, 7) is 0.439. The molecule has 1 fully saturated rings. The van der Waals surface area contributed by atoms with Crippen LogP contribution in [0.15, 0.2) is 67.3 Å². The Bertz CT molecular complexity index is 1260. The molecule has 32 heavy (non-hydrogen) atoms. The first kappa shape index (κ1) is 20.1. The van der Waals surface area contributed by atoms with Crippen LogP contribution < -0.4 is 10.2 Å². The molecule has 4 aromatic rings. The van der Waals surface area contributed by atoms with Crippen molar-refractivity contribution in [2.75, 3.05) is 23.3 Å². The number of H-pyrrole nitrogens is 1. The molecule has 1 aliphatic heterocycles. The molecule has 0 aliphatic carbocycles. The smallest absolute Gasteiger partial charge is 0.257 e. The maximum atomic E-state index is 13.6. The molecule has 1 aliphatic rings. The minimum Gasteiger partial charge on any atom is -0.369 e. The van der Waals surface area contributed by atoms with Gasteiger partial charge in [0.2, 0.25) is 0 Å². The standard InChI is InChI=1S/C24H21F2N5O/c25-24(26)7-10-31(11-8-24)21-6-9-27-15-20(21)30-23(32)19-14-29-22-18(19)12-17(13-28-22)16-4-2-1-3-5-16/h1-6,9,12-15H,7-8,10-11H2,(H,28,29)(H,30,32). The maximum absolute atomic E-state index is 13.6. The first-order valence-electron chi connectivity index (χ1n) is 10.4. The van der Waals surface area contributed by atoms with E-state index < -0.39 is 5.92 Å². The van der Waals surface area contributed by atoms with Crippen molar-refractivity contribution >= 4 is 28.3 Å². The predicted octanol–water partition coefficient (Wildman–Crippen LogP) is 5.11. The molecule has 3 aromatic heterocycles. The number of rotatable bonds is 4. The van der Waals surface area contributed by atoms with Crippen LogP contribution in [0.3, 0.4) is 0 Å². The molecule has 0 unspecified atom stereocenters. The van der Waals surface area contributed by atoms with Gasteiger partial charge in [0.05, 0.1) is 23.1 Å². The fourth-order valence-corrected chi connectivity index (χ4v) is 4.00. The minimum atomic E-state index is -2.64. The summed E-state index contributed by atoms with van der Waals surface area (Å²) in [5, 5.41) is 3.60. The number of halogens is 2. The first-order chi connectivity index (χ1) is 15.5. The average molecular weight is 433 g/mol. The van der Waals surface area contributed by atoms with Crippen LogP contribution in [-0.4, -0.2) is 39.9 Å². The van der Waals surface area contributed by atoms with Gasteiger partial charge in [0.1, 0.15) is 5.65 Å². The molecule has 0 spiro atoms. The number of aromatic nitrogens is 3. The van der Waals surface area contributed by atoms with E-state index in [1.165, 1.54) is 0 Å². The summed E-state index contributed by atoms with van der Waals surface area (Å²) in [5.74, 6) is -2.96. The monoisotopic (exact) mass is 433 g/mol. The third-order valence-electron chi connectivity index (χ3n) is 5.76. The normalized spacial score (nSPS) is 15.6. The summed E-state index contributed by atoms with van der Waals surface area (Å²) in [7, 11) is 0. The van der Waals surface area contributed by atoms with E-state index in [1.54, 1.807) is 30.9 Å². The van der Waals surface area contributed by atoms with Gasteiger partial charge in [-0.1, -0.05) is 30.3 Å². The molecule has 1 saturated heterocycles. The van der Waals surface area contributed by atoms with Crippen molar-refractivity contribution in [3.05, 3.63) is 72.8 Å². The second-order valence-electron chi connectivity index (χ2n) is 7.88. The van der Waals surface area contributed by atoms with Crippen LogP contribution in [0, 0.1) is 0 Å². The van der Waals surface area contributed by atoms with Gasteiger partial charge in [0, 0.05) is 55.5 Å². The van der Waals surface area contributed by atoms with Crippen LogP contribution in [0.1, 0.15) is 23.2 Å². The predicted molar refractivity (Wildman–Crippen MR) is 120 cm³/mol. The summed E-state index contributed by atoms with van der Waals surface area (Å²) in [6.07, 6.45) is 6.11. The number of fused-ring (bicyclic) bond motifs is 1. The van der Waals surface area contributed by atoms with Gasteiger partial charge in [-0.25, -0.2) is 13.8 Å². The molecular formula is C24H21F2N5O. The fraction of sp³-hybridized carbons (Fsp3) is 0.208. The van der Waals surface area contributed by atoms with Crippen LogP contribution in [0.4, 0.5) is 20.2 Å². The van der Waals surface area contributed by atoms with E-state index >= 15 is 0 Å². The molecule has 4 heterocycles. The Kier molecular flexibility index (Phi) is 5.05. The molecule has 0 saturated carbocycles. The summed E-state index contributed by atoms with van der Waals surface area (Å²) < 4.78 is 27.2. The van der Waals surface area contributed by atoms with Gasteiger partial charge < -0.3 is 15.2 Å². The molecule has 0 bridgehead atoms. The van der Waals surface area contributed by atoms with Gasteiger partial charge in [0.15, 0.2) is 0 Å². The van der Waals surface area contributed by atoms with Crippen molar-refractivity contribution in [2.24, 2.45) is 0 Å². The van der Waals surface area contributed by atoms with Gasteiger partial charge in [-0.15, -0.1) is 0 Å². The molecule has 0 radical (unpaired) electrons. The quantitative estimate of drug-likeness (QED) is 0.469. The van der Waals surface area contributed by atoms with E-state index in [4.69, 9.17) is 0 Å². The number of benzene rings is 1. The molecule has 2 N–H and O–H groups in total. The SMILES string of the molecule is O=C(Nc1cnccc1N1CCC(F)(F)CC1)c1c[nH]c2ncc(-c3ccccc3)cc12. The average Bonchev–Trinajstić information content (AvgIpc) is 3.24. The van der Waals surface area contributed by atoms with Crippen molar-refractivity contribution in [2.45, 2.75) is 18.8 Å². The van der Waals surface area contributed by atoms with Crippen molar-refractivity contribution in [3.63, 3.8) is 0 Å². The molecule has 6 nitrogen and oxygen atoms in total. The Hall–Kier alpha value is -3.81. The zero-order valence-electron chi connectivity index (χ0n) is 17.2. The van der Waals surface area contributed by atoms with Crippen LogP contribution in [-0.2, 0) is 0 Å². The number of hydrogen-bond acceptors (Lipinski definition) is 4. The van der Waals surface area contributed by atoms with Gasteiger partial charge in [-0.2, -0.15) is 0 Å². The van der Waals surface area contributed by atoms with Gasteiger partial charge in [-0.3, -0.25) is 9.78 Å². The molecule has 1 aromatic carbocycles. The van der Waals surface area contributed by atoms with Crippen LogP contribution in [0.2, 0.25) is 0 Å².